The molecule has 1 aliphatic rings. The second kappa shape index (κ2) is 6.04. The molecule has 0 bridgehead atoms. The average Bonchev–Trinajstić information content (AvgIpc) is 2.67. The largest absolute Gasteiger partial charge is 0.494 e. The molecular formula is C12H17BrN2O2S. The van der Waals surface area contributed by atoms with Crippen molar-refractivity contribution in [1.82, 2.24) is 10.6 Å². The first-order valence-electron chi connectivity index (χ1n) is 5.98. The molecule has 0 saturated carbocycles. The van der Waals surface area contributed by atoms with E-state index >= 15 is 0 Å². The third kappa shape index (κ3) is 2.87. The summed E-state index contributed by atoms with van der Waals surface area (Å²) in [4.78, 5) is 13.9. The predicted octanol–water partition coefficient (Wildman–Crippen LogP) is 2.31. The van der Waals surface area contributed by atoms with Crippen molar-refractivity contribution in [3.63, 3.8) is 0 Å². The van der Waals surface area contributed by atoms with Gasteiger partial charge in [0.2, 0.25) is 0 Å². The fraction of sp³-hybridized carbons (Fsp3) is 0.583. The van der Waals surface area contributed by atoms with Crippen molar-refractivity contribution in [2.75, 3.05) is 20.2 Å². The Hall–Kier alpha value is -0.590. The van der Waals surface area contributed by atoms with Crippen molar-refractivity contribution in [3.05, 3.63) is 14.2 Å². The number of thiophene rings is 1. The second-order valence-electron chi connectivity index (χ2n) is 4.35. The van der Waals surface area contributed by atoms with Gasteiger partial charge in [0, 0.05) is 17.5 Å². The first-order chi connectivity index (χ1) is 8.63. The van der Waals surface area contributed by atoms with Crippen LogP contribution in [0.5, 0.6) is 5.75 Å². The second-order valence-corrected chi connectivity index (χ2v) is 6.37. The first-order valence-corrected chi connectivity index (χ1v) is 7.59. The number of hydrogen-bond donors (Lipinski definition) is 2. The Labute approximate surface area is 119 Å². The summed E-state index contributed by atoms with van der Waals surface area (Å²) in [5.74, 6) is 0.595. The van der Waals surface area contributed by atoms with E-state index in [-0.39, 0.29) is 11.9 Å². The van der Waals surface area contributed by atoms with Crippen molar-refractivity contribution in [2.45, 2.75) is 25.8 Å². The zero-order valence-corrected chi connectivity index (χ0v) is 12.9. The Kier molecular flexibility index (Phi) is 4.64. The molecule has 1 amide bonds. The first kappa shape index (κ1) is 13.8. The van der Waals surface area contributed by atoms with Crippen LogP contribution in [0.15, 0.2) is 4.47 Å². The lowest BCUT2D eigenvalue weighted by Crippen LogP contribution is -2.45. The van der Waals surface area contributed by atoms with Gasteiger partial charge in [0.05, 0.1) is 11.6 Å². The van der Waals surface area contributed by atoms with Crippen molar-refractivity contribution in [3.8, 4) is 5.75 Å². The van der Waals surface area contributed by atoms with Crippen LogP contribution in [0.4, 0.5) is 0 Å². The van der Waals surface area contributed by atoms with Crippen LogP contribution in [0.3, 0.4) is 0 Å². The van der Waals surface area contributed by atoms with E-state index in [2.05, 4.69) is 26.6 Å². The number of nitrogens with one attached hydrogen (secondary N) is 2. The summed E-state index contributed by atoms with van der Waals surface area (Å²) in [7, 11) is 1.59. The molecule has 1 aliphatic heterocycles. The minimum Gasteiger partial charge on any atom is -0.494 e. The van der Waals surface area contributed by atoms with Crippen molar-refractivity contribution < 1.29 is 9.53 Å². The molecule has 0 aromatic carbocycles. The summed E-state index contributed by atoms with van der Waals surface area (Å²) in [6, 6.07) is 0.220. The van der Waals surface area contributed by atoms with Crippen LogP contribution in [0.2, 0.25) is 0 Å². The molecule has 1 saturated heterocycles. The number of ether oxygens (including phenoxy) is 1. The molecule has 2 rings (SSSR count). The van der Waals surface area contributed by atoms with E-state index in [1.807, 2.05) is 6.92 Å². The third-order valence-corrected chi connectivity index (χ3v) is 5.31. The van der Waals surface area contributed by atoms with Crippen LogP contribution in [0.25, 0.3) is 0 Å². The van der Waals surface area contributed by atoms with Crippen molar-refractivity contribution in [2.24, 2.45) is 0 Å². The van der Waals surface area contributed by atoms with Gasteiger partial charge < -0.3 is 15.4 Å². The zero-order valence-electron chi connectivity index (χ0n) is 10.5. The molecule has 0 spiro atoms. The lowest BCUT2D eigenvalue weighted by Gasteiger charge is -2.23. The molecule has 1 atom stereocenters. The van der Waals surface area contributed by atoms with E-state index in [0.29, 0.717) is 10.6 Å². The monoisotopic (exact) mass is 332 g/mol. The van der Waals surface area contributed by atoms with Gasteiger partial charge in [-0.3, -0.25) is 4.79 Å². The fourth-order valence-electron chi connectivity index (χ4n) is 2.06. The molecular weight excluding hydrogens is 316 g/mol. The van der Waals surface area contributed by atoms with Crippen LogP contribution in [0, 0.1) is 6.92 Å². The van der Waals surface area contributed by atoms with E-state index < -0.39 is 0 Å². The maximum Gasteiger partial charge on any atom is 0.265 e. The van der Waals surface area contributed by atoms with Crippen molar-refractivity contribution >= 4 is 33.2 Å². The number of piperidine rings is 1. The zero-order chi connectivity index (χ0) is 13.1. The molecule has 100 valence electrons. The van der Waals surface area contributed by atoms with Gasteiger partial charge in [-0.2, -0.15) is 0 Å². The van der Waals surface area contributed by atoms with Gasteiger partial charge in [-0.15, -0.1) is 11.3 Å². The molecule has 0 radical (unpaired) electrons. The molecule has 2 heterocycles. The van der Waals surface area contributed by atoms with Gasteiger partial charge in [0.1, 0.15) is 4.88 Å². The number of amides is 1. The number of halogens is 1. The Morgan fingerprint density at radius 1 is 1.61 bits per heavy atom. The van der Waals surface area contributed by atoms with E-state index in [1.54, 1.807) is 7.11 Å². The van der Waals surface area contributed by atoms with Gasteiger partial charge in [-0.05, 0) is 42.2 Å². The summed E-state index contributed by atoms with van der Waals surface area (Å²) in [6.07, 6.45) is 2.14. The average molecular weight is 333 g/mol. The normalized spacial score (nSPS) is 19.6. The topological polar surface area (TPSA) is 50.4 Å². The molecule has 1 aromatic rings. The standard InChI is InChI=1S/C12H17BrN2O2S/c1-7-9(13)10(17-2)11(18-7)12(16)15-8-4-3-5-14-6-8/h8,14H,3-6H2,1-2H3,(H,15,16). The maximum absolute atomic E-state index is 12.2. The van der Waals surface area contributed by atoms with Crippen LogP contribution >= 0.6 is 27.3 Å². The molecule has 4 nitrogen and oxygen atoms in total. The summed E-state index contributed by atoms with van der Waals surface area (Å²) < 4.78 is 6.17. The molecule has 1 unspecified atom stereocenters. The van der Waals surface area contributed by atoms with Gasteiger partial charge >= 0.3 is 0 Å². The highest BCUT2D eigenvalue weighted by Gasteiger charge is 2.23. The van der Waals surface area contributed by atoms with Gasteiger partial charge in [0.15, 0.2) is 5.75 Å². The molecule has 18 heavy (non-hydrogen) atoms. The number of methoxy groups -OCH3 is 1. The number of carbonyl (C=O) groups excluding carboxylic acids is 1. The Morgan fingerprint density at radius 3 is 3.00 bits per heavy atom. The molecule has 1 fully saturated rings. The number of hydrogen-bond acceptors (Lipinski definition) is 4. The fourth-order valence-corrected chi connectivity index (χ4v) is 3.71. The maximum atomic E-state index is 12.2. The molecule has 6 heteroatoms. The van der Waals surface area contributed by atoms with Crippen LogP contribution in [0.1, 0.15) is 27.4 Å². The number of aryl methyl sites for hydroxylation is 1. The Balaban J connectivity index is 2.10. The van der Waals surface area contributed by atoms with E-state index in [9.17, 15) is 4.79 Å². The number of rotatable bonds is 3. The molecule has 1 aromatic heterocycles. The summed E-state index contributed by atoms with van der Waals surface area (Å²) in [5.41, 5.74) is 0. The van der Waals surface area contributed by atoms with E-state index in [4.69, 9.17) is 4.74 Å². The summed E-state index contributed by atoms with van der Waals surface area (Å²) in [6.45, 7) is 3.86. The quantitative estimate of drug-likeness (QED) is 0.893. The van der Waals surface area contributed by atoms with Crippen LogP contribution < -0.4 is 15.4 Å². The SMILES string of the molecule is COc1c(C(=O)NC2CCCNC2)sc(C)c1Br. The highest BCUT2D eigenvalue weighted by molar-refractivity contribution is 9.10. The minimum atomic E-state index is -0.0423. The summed E-state index contributed by atoms with van der Waals surface area (Å²) >= 11 is 4.91. The van der Waals surface area contributed by atoms with E-state index in [0.717, 1.165) is 35.3 Å². The summed E-state index contributed by atoms with van der Waals surface area (Å²) in [5, 5.41) is 6.34. The predicted molar refractivity (Wildman–Crippen MR) is 76.7 cm³/mol. The highest BCUT2D eigenvalue weighted by atomic mass is 79.9. The minimum absolute atomic E-state index is 0.0423. The van der Waals surface area contributed by atoms with E-state index in [1.165, 1.54) is 11.3 Å². The van der Waals surface area contributed by atoms with Crippen LogP contribution in [-0.2, 0) is 0 Å². The third-order valence-electron chi connectivity index (χ3n) is 3.01. The Morgan fingerprint density at radius 2 is 2.39 bits per heavy atom. The lowest BCUT2D eigenvalue weighted by atomic mass is 10.1. The lowest BCUT2D eigenvalue weighted by molar-refractivity contribution is 0.0932. The molecule has 2 N–H and O–H groups in total. The molecule has 0 aliphatic carbocycles. The van der Waals surface area contributed by atoms with Gasteiger partial charge in [-0.1, -0.05) is 0 Å². The van der Waals surface area contributed by atoms with Crippen molar-refractivity contribution in [1.29, 1.82) is 0 Å². The number of carbonyl (C=O) groups is 1. The van der Waals surface area contributed by atoms with Crippen LogP contribution in [-0.4, -0.2) is 32.1 Å². The highest BCUT2D eigenvalue weighted by Crippen LogP contribution is 2.39. The van der Waals surface area contributed by atoms with Gasteiger partial charge in [0.25, 0.3) is 5.91 Å². The van der Waals surface area contributed by atoms with Gasteiger partial charge in [-0.25, -0.2) is 0 Å². The Bertz CT molecular complexity index is 442. The smallest absolute Gasteiger partial charge is 0.265 e.